The van der Waals surface area contributed by atoms with Crippen molar-refractivity contribution in [3.05, 3.63) is 82.0 Å². The summed E-state index contributed by atoms with van der Waals surface area (Å²) in [5.41, 5.74) is 3.94. The van der Waals surface area contributed by atoms with Gasteiger partial charge in [0.1, 0.15) is 17.4 Å². The summed E-state index contributed by atoms with van der Waals surface area (Å²) in [5.74, 6) is -0.290. The number of hydrogen-bond acceptors (Lipinski definition) is 4. The fourth-order valence-corrected chi connectivity index (χ4v) is 3.10. The highest BCUT2D eigenvalue weighted by molar-refractivity contribution is 5.70. The van der Waals surface area contributed by atoms with Gasteiger partial charge in [0.25, 0.3) is 5.56 Å². The molecule has 0 amide bonds. The third-order valence-corrected chi connectivity index (χ3v) is 4.52. The first-order valence-electron chi connectivity index (χ1n) is 8.77. The highest BCUT2D eigenvalue weighted by Gasteiger charge is 2.16. The van der Waals surface area contributed by atoms with Gasteiger partial charge in [-0.05, 0) is 42.8 Å². The number of benzene rings is 2. The Morgan fingerprint density at radius 3 is 2.39 bits per heavy atom. The van der Waals surface area contributed by atoms with Crippen molar-refractivity contribution >= 4 is 17.0 Å². The monoisotopic (exact) mass is 373 g/mol. The Labute approximate surface area is 159 Å². The lowest BCUT2D eigenvalue weighted by atomic mass is 10.0. The Morgan fingerprint density at radius 1 is 1.14 bits per heavy atom. The maximum absolute atomic E-state index is 13.0. The first kappa shape index (κ1) is 17.5. The molecule has 2 aromatic carbocycles. The molecule has 138 valence electrons. The van der Waals surface area contributed by atoms with Gasteiger partial charge in [-0.25, -0.2) is 13.9 Å². The summed E-state index contributed by atoms with van der Waals surface area (Å²) in [6.45, 7) is 1.90. The molecule has 2 aromatic heterocycles. The van der Waals surface area contributed by atoms with E-state index in [1.165, 1.54) is 22.8 Å². The van der Waals surface area contributed by atoms with E-state index in [4.69, 9.17) is 0 Å². The minimum absolute atomic E-state index is 0.211. The SMILES string of the molecule is CCc1c(-c2ccc(Nc3ccc(F)cc3)cc2)nc2c(C#N)c[nH]n2c1=O. The van der Waals surface area contributed by atoms with E-state index in [1.807, 2.05) is 37.3 Å². The predicted octanol–water partition coefficient (Wildman–Crippen LogP) is 4.01. The number of halogens is 1. The summed E-state index contributed by atoms with van der Waals surface area (Å²) in [6, 6.07) is 15.6. The third kappa shape index (κ3) is 3.01. The van der Waals surface area contributed by atoms with Gasteiger partial charge in [-0.3, -0.25) is 9.89 Å². The second-order valence-electron chi connectivity index (χ2n) is 6.26. The first-order chi connectivity index (χ1) is 13.6. The maximum atomic E-state index is 13.0. The van der Waals surface area contributed by atoms with Crippen LogP contribution in [0.1, 0.15) is 18.1 Å². The molecule has 0 unspecified atom stereocenters. The molecular formula is C21H16FN5O. The molecule has 0 aliphatic rings. The lowest BCUT2D eigenvalue weighted by molar-refractivity contribution is 0.628. The lowest BCUT2D eigenvalue weighted by Crippen LogP contribution is -2.21. The number of nitrogens with zero attached hydrogens (tertiary/aromatic N) is 3. The van der Waals surface area contributed by atoms with Gasteiger partial charge in [-0.2, -0.15) is 5.26 Å². The van der Waals surface area contributed by atoms with E-state index in [2.05, 4.69) is 15.4 Å². The molecule has 2 N–H and O–H groups in total. The average Bonchev–Trinajstić information content (AvgIpc) is 3.13. The van der Waals surface area contributed by atoms with Crippen LogP contribution in [0, 0.1) is 17.1 Å². The number of aromatic nitrogens is 3. The Kier molecular flexibility index (Phi) is 4.38. The molecule has 0 saturated carbocycles. The third-order valence-electron chi connectivity index (χ3n) is 4.52. The van der Waals surface area contributed by atoms with Gasteiger partial charge in [-0.15, -0.1) is 0 Å². The Morgan fingerprint density at radius 2 is 1.79 bits per heavy atom. The quantitative estimate of drug-likeness (QED) is 0.566. The van der Waals surface area contributed by atoms with Crippen LogP contribution in [0.15, 0.2) is 59.5 Å². The zero-order valence-corrected chi connectivity index (χ0v) is 15.0. The predicted molar refractivity (Wildman–Crippen MR) is 105 cm³/mol. The molecule has 0 radical (unpaired) electrons. The second-order valence-corrected chi connectivity index (χ2v) is 6.26. The molecule has 0 fully saturated rings. The van der Waals surface area contributed by atoms with Gasteiger partial charge < -0.3 is 5.32 Å². The van der Waals surface area contributed by atoms with Gasteiger partial charge >= 0.3 is 0 Å². The normalized spacial score (nSPS) is 10.8. The number of anilines is 2. The summed E-state index contributed by atoms with van der Waals surface area (Å²) in [5, 5.41) is 15.2. The molecule has 4 aromatic rings. The molecule has 6 nitrogen and oxygen atoms in total. The van der Waals surface area contributed by atoms with Crippen LogP contribution in [0.4, 0.5) is 15.8 Å². The zero-order valence-electron chi connectivity index (χ0n) is 15.0. The molecule has 7 heteroatoms. The van der Waals surface area contributed by atoms with Crippen LogP contribution in [-0.2, 0) is 6.42 Å². The molecule has 0 aliphatic carbocycles. The minimum atomic E-state index is -0.290. The van der Waals surface area contributed by atoms with Gasteiger partial charge in [0.2, 0.25) is 0 Å². The molecule has 0 saturated heterocycles. The highest BCUT2D eigenvalue weighted by Crippen LogP contribution is 2.25. The van der Waals surface area contributed by atoms with Crippen molar-refractivity contribution < 1.29 is 4.39 Å². The Balaban J connectivity index is 1.74. The number of fused-ring (bicyclic) bond motifs is 1. The van der Waals surface area contributed by atoms with Crippen molar-refractivity contribution in [2.75, 3.05) is 5.32 Å². The van der Waals surface area contributed by atoms with Crippen LogP contribution in [0.2, 0.25) is 0 Å². The van der Waals surface area contributed by atoms with Crippen molar-refractivity contribution in [3.8, 4) is 17.3 Å². The smallest absolute Gasteiger partial charge is 0.276 e. The number of nitriles is 1. The molecule has 0 aliphatic heterocycles. The van der Waals surface area contributed by atoms with E-state index < -0.39 is 0 Å². The molecule has 28 heavy (non-hydrogen) atoms. The van der Waals surface area contributed by atoms with E-state index in [1.54, 1.807) is 12.1 Å². The van der Waals surface area contributed by atoms with Gasteiger partial charge in [-0.1, -0.05) is 19.1 Å². The molecule has 2 heterocycles. The lowest BCUT2D eigenvalue weighted by Gasteiger charge is -2.10. The fourth-order valence-electron chi connectivity index (χ4n) is 3.10. The number of hydrogen-bond donors (Lipinski definition) is 2. The van der Waals surface area contributed by atoms with Crippen molar-refractivity contribution in [1.29, 1.82) is 5.26 Å². The van der Waals surface area contributed by atoms with E-state index in [-0.39, 0.29) is 11.4 Å². The fraction of sp³-hybridized carbons (Fsp3) is 0.0952. The first-order valence-corrected chi connectivity index (χ1v) is 8.77. The average molecular weight is 373 g/mol. The largest absolute Gasteiger partial charge is 0.356 e. The van der Waals surface area contributed by atoms with E-state index in [0.29, 0.717) is 28.9 Å². The number of H-pyrrole nitrogens is 1. The van der Waals surface area contributed by atoms with Crippen molar-refractivity contribution in [2.45, 2.75) is 13.3 Å². The molecule has 0 spiro atoms. The number of aromatic amines is 1. The summed E-state index contributed by atoms with van der Waals surface area (Å²) in [6.07, 6.45) is 1.99. The standard InChI is InChI=1S/C21H16FN5O/c1-2-18-19(26-20-14(11-23)12-24-27(20)21(18)28)13-3-7-16(8-4-13)25-17-9-5-15(22)6-10-17/h3-10,12,24-25H,2H2,1H3. The molecule has 4 rings (SSSR count). The van der Waals surface area contributed by atoms with Crippen molar-refractivity contribution in [3.63, 3.8) is 0 Å². The van der Waals surface area contributed by atoms with E-state index in [0.717, 1.165) is 16.9 Å². The Hall–Kier alpha value is -3.92. The van der Waals surface area contributed by atoms with Crippen LogP contribution < -0.4 is 10.9 Å². The number of rotatable bonds is 4. The topological polar surface area (TPSA) is 86.0 Å². The van der Waals surface area contributed by atoms with Gasteiger partial charge in [0, 0.05) is 28.7 Å². The van der Waals surface area contributed by atoms with Crippen LogP contribution in [-0.4, -0.2) is 14.6 Å². The van der Waals surface area contributed by atoms with Crippen molar-refractivity contribution in [2.24, 2.45) is 0 Å². The van der Waals surface area contributed by atoms with Gasteiger partial charge in [0.15, 0.2) is 5.65 Å². The maximum Gasteiger partial charge on any atom is 0.276 e. The van der Waals surface area contributed by atoms with Crippen molar-refractivity contribution in [1.82, 2.24) is 14.6 Å². The molecule has 0 bridgehead atoms. The zero-order chi connectivity index (χ0) is 19.7. The van der Waals surface area contributed by atoms with Crippen LogP contribution in [0.25, 0.3) is 16.9 Å². The second kappa shape index (κ2) is 7.00. The van der Waals surface area contributed by atoms with Crippen LogP contribution in [0.5, 0.6) is 0 Å². The summed E-state index contributed by atoms with van der Waals surface area (Å²) in [4.78, 5) is 17.3. The molecular weight excluding hydrogens is 357 g/mol. The Bertz CT molecular complexity index is 1250. The van der Waals surface area contributed by atoms with E-state index >= 15 is 0 Å². The van der Waals surface area contributed by atoms with Crippen LogP contribution in [0.3, 0.4) is 0 Å². The summed E-state index contributed by atoms with van der Waals surface area (Å²) < 4.78 is 14.3. The summed E-state index contributed by atoms with van der Waals surface area (Å²) >= 11 is 0. The van der Waals surface area contributed by atoms with E-state index in [9.17, 15) is 14.4 Å². The number of nitrogens with one attached hydrogen (secondary N) is 2. The highest BCUT2D eigenvalue weighted by atomic mass is 19.1. The van der Waals surface area contributed by atoms with Crippen LogP contribution >= 0.6 is 0 Å². The van der Waals surface area contributed by atoms with Gasteiger partial charge in [0.05, 0.1) is 5.69 Å². The minimum Gasteiger partial charge on any atom is -0.356 e. The molecule has 0 atom stereocenters. The summed E-state index contributed by atoms with van der Waals surface area (Å²) in [7, 11) is 0.